The van der Waals surface area contributed by atoms with Crippen LogP contribution in [-0.4, -0.2) is 17.4 Å². The van der Waals surface area contributed by atoms with Crippen molar-refractivity contribution in [2.75, 3.05) is 17.2 Å². The summed E-state index contributed by atoms with van der Waals surface area (Å²) in [6.45, 7) is 2.51. The molecule has 2 aromatic rings. The van der Waals surface area contributed by atoms with Crippen molar-refractivity contribution in [2.24, 2.45) is 0 Å². The molecule has 1 aliphatic heterocycles. The number of nitrogens with one attached hydrogen (secondary N) is 2. The molecule has 1 saturated heterocycles. The van der Waals surface area contributed by atoms with Gasteiger partial charge in [-0.2, -0.15) is 0 Å². The molecule has 1 unspecified atom stereocenters. The van der Waals surface area contributed by atoms with E-state index in [1.54, 1.807) is 18.3 Å². The maximum atomic E-state index is 12.8. The van der Waals surface area contributed by atoms with Crippen LogP contribution >= 0.6 is 0 Å². The van der Waals surface area contributed by atoms with Gasteiger partial charge in [0.05, 0.1) is 0 Å². The van der Waals surface area contributed by atoms with Gasteiger partial charge in [0.1, 0.15) is 18.2 Å². The highest BCUT2D eigenvalue weighted by molar-refractivity contribution is 5.50. The Morgan fingerprint density at radius 2 is 1.95 bits per heavy atom. The Morgan fingerprint density at radius 3 is 2.53 bits per heavy atom. The van der Waals surface area contributed by atoms with Gasteiger partial charge in [-0.15, -0.1) is 0 Å². The van der Waals surface area contributed by atoms with E-state index in [9.17, 15) is 4.39 Å². The normalized spacial score (nSPS) is 20.9. The summed E-state index contributed by atoms with van der Waals surface area (Å²) < 4.78 is 18.2. The van der Waals surface area contributed by atoms with Crippen molar-refractivity contribution in [3.05, 3.63) is 54.0 Å². The molecule has 3 rings (SSSR count). The third-order valence-corrected chi connectivity index (χ3v) is 2.86. The van der Waals surface area contributed by atoms with E-state index in [0.29, 0.717) is 6.61 Å². The monoisotopic (exact) mass is 263 g/mol. The molecule has 2 N–H and O–H groups in total. The maximum Gasteiger partial charge on any atom is 0.242 e. The number of epoxide rings is 1. The first-order valence-electron chi connectivity index (χ1n) is 6.04. The van der Waals surface area contributed by atoms with Crippen LogP contribution in [0, 0.1) is 12.7 Å². The highest BCUT2D eigenvalue weighted by atomic mass is 19.1. The fraction of sp³-hybridized carbons (Fsp3) is 0.214. The molecule has 0 amide bonds. The molecule has 19 heavy (non-hydrogen) atoms. The Bertz CT molecular complexity index is 524. The van der Waals surface area contributed by atoms with Crippen molar-refractivity contribution < 1.29 is 12.0 Å². The second kappa shape index (κ2) is 4.51. The van der Waals surface area contributed by atoms with Crippen molar-refractivity contribution in [3.8, 4) is 0 Å². The smallest absolute Gasteiger partial charge is 0.242 e. The zero-order valence-electron chi connectivity index (χ0n) is 10.5. The molecular formula is C14H18FN3O. The Kier molecular flexibility index (Phi) is 2.83. The summed E-state index contributed by atoms with van der Waals surface area (Å²) in [5.74, 6) is -0.165. The zero-order chi connectivity index (χ0) is 13.3. The summed E-state index contributed by atoms with van der Waals surface area (Å²) in [7, 11) is 0. The van der Waals surface area contributed by atoms with Gasteiger partial charge < -0.3 is 15.4 Å². The van der Waals surface area contributed by atoms with Gasteiger partial charge in [-0.05, 0) is 42.8 Å². The highest BCUT2D eigenvalue weighted by Crippen LogP contribution is 2.29. The molecule has 0 spiro atoms. The van der Waals surface area contributed by atoms with Gasteiger partial charge in [0.15, 0.2) is 0 Å². The molecule has 0 aliphatic carbocycles. The van der Waals surface area contributed by atoms with E-state index in [2.05, 4.69) is 15.6 Å². The zero-order valence-corrected chi connectivity index (χ0v) is 10.5. The lowest BCUT2D eigenvalue weighted by Gasteiger charge is -2.17. The second-order valence-corrected chi connectivity index (χ2v) is 4.59. The first-order valence-corrected chi connectivity index (χ1v) is 6.04. The number of aromatic nitrogens is 1. The van der Waals surface area contributed by atoms with E-state index in [1.165, 1.54) is 12.1 Å². The lowest BCUT2D eigenvalue weighted by Crippen LogP contribution is -2.33. The van der Waals surface area contributed by atoms with E-state index in [-0.39, 0.29) is 8.67 Å². The van der Waals surface area contributed by atoms with Crippen LogP contribution < -0.4 is 10.6 Å². The van der Waals surface area contributed by atoms with Crippen LogP contribution in [0.25, 0.3) is 0 Å². The van der Waals surface area contributed by atoms with Crippen molar-refractivity contribution in [1.29, 1.82) is 0 Å². The molecule has 2 heterocycles. The fourth-order valence-electron chi connectivity index (χ4n) is 1.76. The van der Waals surface area contributed by atoms with E-state index < -0.39 is 5.85 Å². The number of aryl methyl sites for hydroxylation is 1. The molecule has 1 atom stereocenters. The van der Waals surface area contributed by atoms with Crippen LogP contribution in [0.3, 0.4) is 0 Å². The number of halogens is 1. The summed E-state index contributed by atoms with van der Waals surface area (Å²) in [6, 6.07) is 10.0. The number of pyridine rings is 1. The minimum absolute atomic E-state index is 0. The summed E-state index contributed by atoms with van der Waals surface area (Å²) in [4.78, 5) is 4.27. The average Bonchev–Trinajstić information content (AvgIpc) is 3.15. The van der Waals surface area contributed by atoms with Gasteiger partial charge in [-0.1, -0.05) is 6.07 Å². The number of benzene rings is 1. The van der Waals surface area contributed by atoms with Crippen LogP contribution in [0.4, 0.5) is 15.9 Å². The number of ether oxygens (including phenoxy) is 1. The molecule has 1 aromatic carbocycles. The van der Waals surface area contributed by atoms with Crippen LogP contribution in [-0.2, 0) is 4.74 Å². The van der Waals surface area contributed by atoms with Crippen LogP contribution in [0.1, 0.15) is 8.42 Å². The van der Waals surface area contributed by atoms with Gasteiger partial charge >= 0.3 is 0 Å². The molecule has 0 saturated carbocycles. The SMILES string of the molecule is Cc1ccc(NC2(Nc3ccc(F)cc3)CO2)nc1.[HH].[HH]. The van der Waals surface area contributed by atoms with Crippen LogP contribution in [0.15, 0.2) is 42.6 Å². The minimum Gasteiger partial charge on any atom is -0.338 e. The number of hydrogen-bond acceptors (Lipinski definition) is 4. The predicted molar refractivity (Wildman–Crippen MR) is 75.5 cm³/mol. The Balaban J connectivity index is 0.00000110. The largest absolute Gasteiger partial charge is 0.338 e. The summed E-state index contributed by atoms with van der Waals surface area (Å²) >= 11 is 0. The molecule has 1 fully saturated rings. The Hall–Kier alpha value is -2.14. The molecular weight excluding hydrogens is 245 g/mol. The van der Waals surface area contributed by atoms with Crippen LogP contribution in [0.5, 0.6) is 0 Å². The number of anilines is 2. The first-order chi connectivity index (χ1) is 9.15. The topological polar surface area (TPSA) is 49.5 Å². The molecule has 4 nitrogen and oxygen atoms in total. The standard InChI is InChI=1S/C14H14FN3O.2H2/c1-10-2-7-13(16-8-10)18-14(9-19-14)17-12-5-3-11(15)4-6-12;;/h2-8,17H,9H2,1H3,(H,16,18);2*1H. The van der Waals surface area contributed by atoms with E-state index >= 15 is 0 Å². The third kappa shape index (κ3) is 2.82. The lowest BCUT2D eigenvalue weighted by atomic mass is 10.3. The van der Waals surface area contributed by atoms with Crippen molar-refractivity contribution in [3.63, 3.8) is 0 Å². The second-order valence-electron chi connectivity index (χ2n) is 4.59. The Morgan fingerprint density at radius 1 is 1.21 bits per heavy atom. The van der Waals surface area contributed by atoms with Gasteiger partial charge in [0.25, 0.3) is 0 Å². The average molecular weight is 263 g/mol. The molecule has 1 aliphatic rings. The molecule has 0 radical (unpaired) electrons. The lowest BCUT2D eigenvalue weighted by molar-refractivity contribution is 0.358. The van der Waals surface area contributed by atoms with Crippen molar-refractivity contribution in [1.82, 2.24) is 4.98 Å². The summed E-state index contributed by atoms with van der Waals surface area (Å²) in [5, 5.41) is 6.36. The van der Waals surface area contributed by atoms with E-state index in [1.807, 2.05) is 19.1 Å². The molecule has 5 heteroatoms. The van der Waals surface area contributed by atoms with Crippen molar-refractivity contribution >= 4 is 11.5 Å². The minimum atomic E-state index is -0.639. The summed E-state index contributed by atoms with van der Waals surface area (Å²) in [5.41, 5.74) is 1.89. The van der Waals surface area contributed by atoms with Gasteiger partial charge in [-0.3, -0.25) is 0 Å². The highest BCUT2D eigenvalue weighted by Gasteiger charge is 2.45. The van der Waals surface area contributed by atoms with Gasteiger partial charge in [-0.25, -0.2) is 9.37 Å². The molecule has 1 aromatic heterocycles. The van der Waals surface area contributed by atoms with Crippen LogP contribution in [0.2, 0.25) is 0 Å². The quantitative estimate of drug-likeness (QED) is 0.657. The molecule has 102 valence electrons. The van der Waals surface area contributed by atoms with Gasteiger partial charge in [0.2, 0.25) is 5.85 Å². The molecule has 0 bridgehead atoms. The Labute approximate surface area is 113 Å². The predicted octanol–water partition coefficient (Wildman–Crippen LogP) is 3.23. The van der Waals surface area contributed by atoms with Gasteiger partial charge in [0, 0.05) is 14.7 Å². The van der Waals surface area contributed by atoms with E-state index in [4.69, 9.17) is 4.74 Å². The van der Waals surface area contributed by atoms with E-state index in [0.717, 1.165) is 17.1 Å². The summed E-state index contributed by atoms with van der Waals surface area (Å²) in [6.07, 6.45) is 1.79. The first kappa shape index (κ1) is 11.9. The fourth-order valence-corrected chi connectivity index (χ4v) is 1.76. The number of rotatable bonds is 4. The third-order valence-electron chi connectivity index (χ3n) is 2.86. The maximum absolute atomic E-state index is 12.8. The van der Waals surface area contributed by atoms with Crippen molar-refractivity contribution in [2.45, 2.75) is 12.8 Å². The number of hydrogen-bond donors (Lipinski definition) is 2. The number of nitrogens with zero attached hydrogens (tertiary/aromatic N) is 1.